The van der Waals surface area contributed by atoms with Gasteiger partial charge in [-0.15, -0.1) is 0 Å². The number of hydrogen-bond acceptors (Lipinski definition) is 0. The van der Waals surface area contributed by atoms with Gasteiger partial charge in [-0.3, -0.25) is 0 Å². The monoisotopic (exact) mass is 147 g/mol. The third-order valence-electron chi connectivity index (χ3n) is 1.71. The molecule has 11 heavy (non-hydrogen) atoms. The molecular weight excluding hydrogens is 132 g/mol. The van der Waals surface area contributed by atoms with Gasteiger partial charge in [-0.05, 0) is 38.2 Å². The summed E-state index contributed by atoms with van der Waals surface area (Å²) in [4.78, 5) is 0. The molecule has 0 saturated carbocycles. The van der Waals surface area contributed by atoms with E-state index in [0.29, 0.717) is 0 Å². The summed E-state index contributed by atoms with van der Waals surface area (Å²) >= 11 is 0. The lowest BCUT2D eigenvalue weighted by atomic mass is 10.2. The maximum absolute atomic E-state index is 3.22. The van der Waals surface area contributed by atoms with Gasteiger partial charge >= 0.3 is 0 Å². The third kappa shape index (κ3) is 4.60. The van der Waals surface area contributed by atoms with E-state index in [1.807, 2.05) is 0 Å². The lowest BCUT2D eigenvalue weighted by molar-refractivity contribution is 0.865. The van der Waals surface area contributed by atoms with Crippen LogP contribution in [0.1, 0.15) is 32.1 Å². The minimum atomic E-state index is 0.980. The van der Waals surface area contributed by atoms with E-state index in [1.54, 1.807) is 0 Å². The molecule has 0 aromatic carbocycles. The zero-order valence-corrected chi connectivity index (χ0v) is 6.92. The van der Waals surface area contributed by atoms with Gasteiger partial charge in [0.05, 0.1) is 0 Å². The fourth-order valence-corrected chi connectivity index (χ4v) is 1.07. The quantitative estimate of drug-likeness (QED) is 0.460. The standard InChI is InChI=1S/C11H15/c1-2-4-6-8-10-11-9-7-5-3-1/h1-2,5,10-11H,3-4,6,8-9H2. The lowest BCUT2D eigenvalue weighted by Gasteiger charge is -1.87. The Morgan fingerprint density at radius 3 is 2.64 bits per heavy atom. The van der Waals surface area contributed by atoms with E-state index >= 15 is 0 Å². The number of rotatable bonds is 0. The van der Waals surface area contributed by atoms with Crippen molar-refractivity contribution in [1.29, 1.82) is 0 Å². The molecule has 0 unspecified atom stereocenters. The van der Waals surface area contributed by atoms with Gasteiger partial charge in [-0.25, -0.2) is 0 Å². The number of hydrogen-bond donors (Lipinski definition) is 0. The molecule has 1 aliphatic carbocycles. The van der Waals surface area contributed by atoms with E-state index in [2.05, 4.69) is 36.5 Å². The molecule has 0 saturated heterocycles. The van der Waals surface area contributed by atoms with E-state index in [9.17, 15) is 0 Å². The molecule has 0 aliphatic heterocycles. The van der Waals surface area contributed by atoms with Crippen molar-refractivity contribution in [2.45, 2.75) is 32.1 Å². The van der Waals surface area contributed by atoms with Crippen LogP contribution in [0.4, 0.5) is 0 Å². The van der Waals surface area contributed by atoms with Crippen LogP contribution in [0.2, 0.25) is 0 Å². The molecule has 59 valence electrons. The summed E-state index contributed by atoms with van der Waals surface area (Å²) in [6.07, 6.45) is 20.0. The van der Waals surface area contributed by atoms with Crippen LogP contribution in [-0.4, -0.2) is 0 Å². The van der Waals surface area contributed by atoms with E-state index in [0.717, 1.165) is 12.8 Å². The molecule has 1 aliphatic rings. The summed E-state index contributed by atoms with van der Waals surface area (Å²) in [7, 11) is 0. The van der Waals surface area contributed by atoms with E-state index < -0.39 is 0 Å². The molecular formula is C11H15. The van der Waals surface area contributed by atoms with Crippen molar-refractivity contribution in [3.05, 3.63) is 36.5 Å². The van der Waals surface area contributed by atoms with E-state index in [4.69, 9.17) is 0 Å². The molecule has 0 spiro atoms. The van der Waals surface area contributed by atoms with Gasteiger partial charge in [0.15, 0.2) is 0 Å². The zero-order chi connectivity index (χ0) is 7.78. The molecule has 1 radical (unpaired) electrons. The van der Waals surface area contributed by atoms with Crippen LogP contribution < -0.4 is 0 Å². The highest BCUT2D eigenvalue weighted by molar-refractivity contribution is 4.95. The highest BCUT2D eigenvalue weighted by Crippen LogP contribution is 2.01. The van der Waals surface area contributed by atoms with Crippen LogP contribution in [0.3, 0.4) is 0 Å². The minimum Gasteiger partial charge on any atom is -0.0882 e. The Morgan fingerprint density at radius 1 is 0.909 bits per heavy atom. The molecule has 0 heterocycles. The summed E-state index contributed by atoms with van der Waals surface area (Å²) in [5, 5.41) is 0. The average Bonchev–Trinajstić information content (AvgIpc) is 2.08. The van der Waals surface area contributed by atoms with Gasteiger partial charge in [-0.1, -0.05) is 30.4 Å². The van der Waals surface area contributed by atoms with Gasteiger partial charge in [0.1, 0.15) is 0 Å². The van der Waals surface area contributed by atoms with Gasteiger partial charge < -0.3 is 0 Å². The van der Waals surface area contributed by atoms with Crippen LogP contribution in [0.15, 0.2) is 30.4 Å². The SMILES string of the molecule is [C]1=CCC=CCCCC=CC1. The summed E-state index contributed by atoms with van der Waals surface area (Å²) in [6, 6.07) is 0. The van der Waals surface area contributed by atoms with Crippen LogP contribution in [0, 0.1) is 6.08 Å². The molecule has 1 rings (SSSR count). The first-order valence-corrected chi connectivity index (χ1v) is 4.35. The molecule has 0 fully saturated rings. The molecule has 0 nitrogen and oxygen atoms in total. The summed E-state index contributed by atoms with van der Waals surface area (Å²) in [6.45, 7) is 0. The topological polar surface area (TPSA) is 0 Å². The molecule has 0 aromatic heterocycles. The fourth-order valence-electron chi connectivity index (χ4n) is 1.07. The van der Waals surface area contributed by atoms with Crippen LogP contribution >= 0.6 is 0 Å². The van der Waals surface area contributed by atoms with Crippen LogP contribution in [0.5, 0.6) is 0 Å². The first kappa shape index (κ1) is 8.32. The first-order chi connectivity index (χ1) is 5.50. The summed E-state index contributed by atoms with van der Waals surface area (Å²) in [5.74, 6) is 0. The molecule has 0 bridgehead atoms. The Labute approximate surface area is 69.3 Å². The Bertz CT molecular complexity index is 143. The van der Waals surface area contributed by atoms with Gasteiger partial charge in [0.25, 0.3) is 0 Å². The maximum atomic E-state index is 3.22. The highest BCUT2D eigenvalue weighted by Gasteiger charge is 1.82. The van der Waals surface area contributed by atoms with Crippen LogP contribution in [-0.2, 0) is 0 Å². The predicted molar refractivity (Wildman–Crippen MR) is 49.2 cm³/mol. The van der Waals surface area contributed by atoms with Crippen molar-refractivity contribution in [3.63, 3.8) is 0 Å². The summed E-state index contributed by atoms with van der Waals surface area (Å²) < 4.78 is 0. The van der Waals surface area contributed by atoms with Crippen molar-refractivity contribution in [1.82, 2.24) is 0 Å². The molecule has 0 aromatic rings. The summed E-state index contributed by atoms with van der Waals surface area (Å²) in [5.41, 5.74) is 0. The maximum Gasteiger partial charge on any atom is -0.00978 e. The Kier molecular flexibility index (Phi) is 4.51. The van der Waals surface area contributed by atoms with Gasteiger partial charge in [0, 0.05) is 0 Å². The second-order valence-corrected chi connectivity index (χ2v) is 2.72. The Balaban J connectivity index is 2.34. The van der Waals surface area contributed by atoms with E-state index in [-0.39, 0.29) is 0 Å². The molecule has 0 atom stereocenters. The number of allylic oxidation sites excluding steroid dienone is 6. The van der Waals surface area contributed by atoms with Crippen LogP contribution in [0.25, 0.3) is 0 Å². The van der Waals surface area contributed by atoms with Crippen molar-refractivity contribution < 1.29 is 0 Å². The van der Waals surface area contributed by atoms with Crippen molar-refractivity contribution in [3.8, 4) is 0 Å². The van der Waals surface area contributed by atoms with Gasteiger partial charge in [0.2, 0.25) is 0 Å². The van der Waals surface area contributed by atoms with Crippen molar-refractivity contribution >= 4 is 0 Å². The lowest BCUT2D eigenvalue weighted by Crippen LogP contribution is -1.67. The second-order valence-electron chi connectivity index (χ2n) is 2.72. The molecule has 0 heteroatoms. The predicted octanol–water partition coefficient (Wildman–Crippen LogP) is 3.42. The van der Waals surface area contributed by atoms with Crippen molar-refractivity contribution in [2.75, 3.05) is 0 Å². The smallest absolute Gasteiger partial charge is 0.00978 e. The average molecular weight is 147 g/mol. The van der Waals surface area contributed by atoms with E-state index in [1.165, 1.54) is 19.3 Å². The Hall–Kier alpha value is -0.780. The first-order valence-electron chi connectivity index (χ1n) is 4.35. The third-order valence-corrected chi connectivity index (χ3v) is 1.71. The van der Waals surface area contributed by atoms with Crippen molar-refractivity contribution in [2.24, 2.45) is 0 Å². The molecule has 0 N–H and O–H groups in total. The minimum absolute atomic E-state index is 0.980. The molecule has 0 amide bonds. The fraction of sp³-hybridized carbons (Fsp3) is 0.455. The van der Waals surface area contributed by atoms with Gasteiger partial charge in [-0.2, -0.15) is 0 Å². The normalized spacial score (nSPS) is 19.6. The largest absolute Gasteiger partial charge is 0.0882 e. The zero-order valence-electron chi connectivity index (χ0n) is 6.92. The second kappa shape index (κ2) is 5.96. The Morgan fingerprint density at radius 2 is 1.73 bits per heavy atom. The highest BCUT2D eigenvalue weighted by atomic mass is 13.9.